The van der Waals surface area contributed by atoms with E-state index in [0.29, 0.717) is 37.4 Å². The maximum absolute atomic E-state index is 13.4. The van der Waals surface area contributed by atoms with Crippen molar-refractivity contribution in [2.45, 2.75) is 51.9 Å². The molecule has 33 heavy (non-hydrogen) atoms. The highest BCUT2D eigenvalue weighted by Gasteiger charge is 2.34. The zero-order valence-electron chi connectivity index (χ0n) is 18.9. The molecular formula is C26H28F2N4O. The lowest BCUT2D eigenvalue weighted by Crippen LogP contribution is -2.28. The van der Waals surface area contributed by atoms with Crippen LogP contribution in [0.3, 0.4) is 0 Å². The largest absolute Gasteiger partial charge is 0.354 e. The van der Waals surface area contributed by atoms with E-state index < -0.39 is 5.92 Å². The summed E-state index contributed by atoms with van der Waals surface area (Å²) in [5.74, 6) is -1.65. The average Bonchev–Trinajstić information content (AvgIpc) is 3.15. The second-order valence-corrected chi connectivity index (χ2v) is 10.1. The normalized spacial score (nSPS) is 19.9. The molecule has 1 saturated carbocycles. The molecule has 5 nitrogen and oxygen atoms in total. The van der Waals surface area contributed by atoms with Gasteiger partial charge in [0.15, 0.2) is 5.78 Å². The summed E-state index contributed by atoms with van der Waals surface area (Å²) in [4.78, 5) is 24.9. The van der Waals surface area contributed by atoms with Crippen LogP contribution in [0.2, 0.25) is 0 Å². The van der Waals surface area contributed by atoms with Crippen molar-refractivity contribution in [2.24, 2.45) is 11.3 Å². The van der Waals surface area contributed by atoms with Crippen molar-refractivity contribution in [1.29, 1.82) is 0 Å². The number of aromatic amines is 1. The molecule has 2 heterocycles. The second kappa shape index (κ2) is 8.04. The van der Waals surface area contributed by atoms with Crippen LogP contribution in [-0.4, -0.2) is 33.2 Å². The first-order chi connectivity index (χ1) is 15.7. The van der Waals surface area contributed by atoms with Crippen LogP contribution in [0.4, 0.5) is 14.7 Å². The van der Waals surface area contributed by atoms with Gasteiger partial charge in [-0.05, 0) is 41.4 Å². The van der Waals surface area contributed by atoms with Crippen molar-refractivity contribution in [2.75, 3.05) is 11.9 Å². The Morgan fingerprint density at radius 3 is 2.76 bits per heavy atom. The number of allylic oxidation sites excluding steroid dienone is 1. The molecule has 0 saturated heterocycles. The fraction of sp³-hybridized carbons (Fsp3) is 0.423. The number of aromatic nitrogens is 3. The summed E-state index contributed by atoms with van der Waals surface area (Å²) in [6, 6.07) is 5.91. The maximum Gasteiger partial charge on any atom is 0.248 e. The van der Waals surface area contributed by atoms with Gasteiger partial charge in [0.05, 0.1) is 0 Å². The zero-order chi connectivity index (χ0) is 23.2. The third-order valence-electron chi connectivity index (χ3n) is 6.81. The minimum absolute atomic E-state index is 0.0434. The van der Waals surface area contributed by atoms with Crippen LogP contribution in [0, 0.1) is 11.3 Å². The number of benzene rings is 1. The average molecular weight is 451 g/mol. The summed E-state index contributed by atoms with van der Waals surface area (Å²) >= 11 is 0. The molecule has 0 amide bonds. The van der Waals surface area contributed by atoms with Crippen LogP contribution in [0.25, 0.3) is 28.2 Å². The molecule has 0 aliphatic heterocycles. The number of fused-ring (bicyclic) bond motifs is 2. The molecule has 2 aromatic heterocycles. The number of hydrogen-bond donors (Lipinski definition) is 2. The summed E-state index contributed by atoms with van der Waals surface area (Å²) < 4.78 is 26.7. The lowest BCUT2D eigenvalue weighted by molar-refractivity contribution is -0.0443. The van der Waals surface area contributed by atoms with Crippen molar-refractivity contribution >= 4 is 28.8 Å². The molecule has 1 fully saturated rings. The maximum atomic E-state index is 13.4. The molecule has 1 aromatic carbocycles. The van der Waals surface area contributed by atoms with Gasteiger partial charge in [-0.25, -0.2) is 13.8 Å². The number of carbonyl (C=O) groups is 1. The number of carbonyl (C=O) groups excluding carboxylic acids is 1. The van der Waals surface area contributed by atoms with Crippen molar-refractivity contribution in [3.05, 3.63) is 47.8 Å². The Balaban J connectivity index is 1.35. The molecule has 172 valence electrons. The summed E-state index contributed by atoms with van der Waals surface area (Å²) in [6.45, 7) is 4.73. The number of alkyl halides is 2. The predicted molar refractivity (Wildman–Crippen MR) is 126 cm³/mol. The van der Waals surface area contributed by atoms with Gasteiger partial charge in [-0.3, -0.25) is 4.79 Å². The van der Waals surface area contributed by atoms with Crippen LogP contribution in [0.15, 0.2) is 36.7 Å². The number of Topliss-reactive ketones (excluding diaryl/α,β-unsaturated/α-hetero) is 1. The van der Waals surface area contributed by atoms with Crippen LogP contribution in [-0.2, 0) is 0 Å². The van der Waals surface area contributed by atoms with Gasteiger partial charge in [0.2, 0.25) is 11.9 Å². The van der Waals surface area contributed by atoms with E-state index in [1.165, 1.54) is 0 Å². The number of hydrogen-bond acceptors (Lipinski definition) is 4. The molecule has 5 rings (SSSR count). The summed E-state index contributed by atoms with van der Waals surface area (Å²) in [7, 11) is 0. The number of nitrogens with one attached hydrogen (secondary N) is 2. The molecular weight excluding hydrogens is 422 g/mol. The van der Waals surface area contributed by atoms with Gasteiger partial charge in [0, 0.05) is 54.7 Å². The minimum Gasteiger partial charge on any atom is -0.354 e. The Hall–Kier alpha value is -3.09. The zero-order valence-corrected chi connectivity index (χ0v) is 18.9. The predicted octanol–water partition coefficient (Wildman–Crippen LogP) is 6.49. The van der Waals surface area contributed by atoms with Gasteiger partial charge >= 0.3 is 0 Å². The van der Waals surface area contributed by atoms with E-state index in [1.807, 2.05) is 30.5 Å². The number of ketones is 1. The van der Waals surface area contributed by atoms with E-state index in [-0.39, 0.29) is 30.0 Å². The van der Waals surface area contributed by atoms with Crippen LogP contribution in [0.1, 0.15) is 61.9 Å². The minimum atomic E-state index is -2.51. The van der Waals surface area contributed by atoms with Crippen molar-refractivity contribution in [3.8, 4) is 11.1 Å². The fourth-order valence-corrected chi connectivity index (χ4v) is 4.78. The first-order valence-corrected chi connectivity index (χ1v) is 11.5. The highest BCUT2D eigenvalue weighted by Crippen LogP contribution is 2.37. The fourth-order valence-electron chi connectivity index (χ4n) is 4.78. The summed E-state index contributed by atoms with van der Waals surface area (Å²) in [5, 5.41) is 4.10. The molecule has 0 radical (unpaired) electrons. The van der Waals surface area contributed by atoms with E-state index >= 15 is 0 Å². The van der Waals surface area contributed by atoms with Gasteiger partial charge in [-0.2, -0.15) is 4.98 Å². The van der Waals surface area contributed by atoms with Crippen molar-refractivity contribution in [3.63, 3.8) is 0 Å². The van der Waals surface area contributed by atoms with Gasteiger partial charge in [0.25, 0.3) is 0 Å². The second-order valence-electron chi connectivity index (χ2n) is 10.1. The smallest absolute Gasteiger partial charge is 0.248 e. The van der Waals surface area contributed by atoms with Crippen molar-refractivity contribution < 1.29 is 13.6 Å². The molecule has 0 spiro atoms. The highest BCUT2D eigenvalue weighted by molar-refractivity contribution is 6.02. The molecule has 7 heteroatoms. The lowest BCUT2D eigenvalue weighted by atomic mass is 9.87. The molecule has 2 aliphatic carbocycles. The van der Waals surface area contributed by atoms with E-state index in [9.17, 15) is 13.6 Å². The number of H-pyrrole nitrogens is 1. The number of anilines is 1. The standard InChI is InChI=1S/C26H28F2N4O/c1-25(2)8-7-18-11-17(3-4-19(18)22(33)12-25)20-14-29-23-21(20)15-31-24(32-23)30-13-16-5-9-26(27,28)10-6-16/h3-4,7-8,11,14-16H,5-6,9-10,12-13H2,1-2H3,(H2,29,30,31,32). The van der Waals surface area contributed by atoms with E-state index in [4.69, 9.17) is 0 Å². The highest BCUT2D eigenvalue weighted by atomic mass is 19.3. The number of rotatable bonds is 4. The Morgan fingerprint density at radius 2 is 1.97 bits per heavy atom. The third-order valence-corrected chi connectivity index (χ3v) is 6.81. The lowest BCUT2D eigenvalue weighted by Gasteiger charge is -2.28. The third kappa shape index (κ3) is 4.54. The summed E-state index contributed by atoms with van der Waals surface area (Å²) in [5.41, 5.74) is 4.19. The number of halogens is 2. The van der Waals surface area contributed by atoms with Crippen molar-refractivity contribution in [1.82, 2.24) is 15.0 Å². The first kappa shape index (κ1) is 21.7. The van der Waals surface area contributed by atoms with Gasteiger partial charge in [-0.15, -0.1) is 0 Å². The molecule has 2 N–H and O–H groups in total. The quantitative estimate of drug-likeness (QED) is 0.477. The van der Waals surface area contributed by atoms with E-state index in [0.717, 1.165) is 27.6 Å². The Bertz CT molecular complexity index is 1230. The molecule has 3 aromatic rings. The Labute approximate surface area is 191 Å². The monoisotopic (exact) mass is 450 g/mol. The SMILES string of the molecule is CC1(C)C=Cc2cc(-c3c[nH]c4nc(NCC5CCC(F)(F)CC5)ncc34)ccc2C(=O)C1. The summed E-state index contributed by atoms with van der Waals surface area (Å²) in [6.07, 6.45) is 9.26. The van der Waals surface area contributed by atoms with Gasteiger partial charge in [-0.1, -0.05) is 38.1 Å². The molecule has 0 atom stereocenters. The van der Waals surface area contributed by atoms with Gasteiger partial charge < -0.3 is 10.3 Å². The molecule has 2 aliphatic rings. The van der Waals surface area contributed by atoms with Gasteiger partial charge in [0.1, 0.15) is 5.65 Å². The van der Waals surface area contributed by atoms with E-state index in [1.54, 1.807) is 6.20 Å². The van der Waals surface area contributed by atoms with Crippen LogP contribution >= 0.6 is 0 Å². The molecule has 0 unspecified atom stereocenters. The van der Waals surface area contributed by atoms with Crippen LogP contribution < -0.4 is 5.32 Å². The Kier molecular flexibility index (Phi) is 5.30. The van der Waals surface area contributed by atoms with E-state index in [2.05, 4.69) is 40.2 Å². The molecule has 0 bridgehead atoms. The first-order valence-electron chi connectivity index (χ1n) is 11.5. The van der Waals surface area contributed by atoms with Crippen LogP contribution in [0.5, 0.6) is 0 Å². The Morgan fingerprint density at radius 1 is 1.18 bits per heavy atom. The number of nitrogens with zero attached hydrogens (tertiary/aromatic N) is 2. The topological polar surface area (TPSA) is 70.7 Å².